The van der Waals surface area contributed by atoms with Crippen LogP contribution >= 0.6 is 0 Å². The minimum atomic E-state index is 0.300. The van der Waals surface area contributed by atoms with Crippen LogP contribution in [-0.4, -0.2) is 17.1 Å². The molecule has 1 aromatic carbocycles. The highest BCUT2D eigenvalue weighted by molar-refractivity contribution is 5.66. The number of imidazole rings is 1. The largest absolute Gasteiger partial charge is 0.496 e. The van der Waals surface area contributed by atoms with Crippen molar-refractivity contribution in [2.75, 3.05) is 7.11 Å². The summed E-state index contributed by atoms with van der Waals surface area (Å²) in [6, 6.07) is 6.03. The Kier molecular flexibility index (Phi) is 3.33. The first-order chi connectivity index (χ1) is 8.67. The van der Waals surface area contributed by atoms with Crippen LogP contribution in [0.1, 0.15) is 17.0 Å². The fourth-order valence-electron chi connectivity index (χ4n) is 1.97. The Morgan fingerprint density at radius 3 is 2.78 bits per heavy atom. The fraction of sp³-hybridized carbons (Fsp3) is 0.286. The van der Waals surface area contributed by atoms with Crippen LogP contribution in [0.4, 0.5) is 0 Å². The summed E-state index contributed by atoms with van der Waals surface area (Å²) in [5, 5.41) is 8.64. The number of rotatable bonds is 3. The summed E-state index contributed by atoms with van der Waals surface area (Å²) in [4.78, 5) is 7.35. The standard InChI is InChI=1S/C14H15N3O/c1-9-10(2)13(18-3)5-4-11(9)12-8-16-14(17-12)6-7-15/h4-5,8H,6H2,1-3H3,(H,16,17). The maximum Gasteiger partial charge on any atom is 0.122 e. The lowest BCUT2D eigenvalue weighted by Crippen LogP contribution is -1.93. The topological polar surface area (TPSA) is 61.7 Å². The van der Waals surface area contributed by atoms with E-state index in [0.29, 0.717) is 12.2 Å². The van der Waals surface area contributed by atoms with E-state index in [9.17, 15) is 0 Å². The molecule has 0 aliphatic rings. The van der Waals surface area contributed by atoms with Crippen molar-refractivity contribution in [3.63, 3.8) is 0 Å². The number of hydrogen-bond acceptors (Lipinski definition) is 3. The monoisotopic (exact) mass is 241 g/mol. The molecule has 0 aliphatic carbocycles. The Morgan fingerprint density at radius 1 is 1.33 bits per heavy atom. The van der Waals surface area contributed by atoms with E-state index < -0.39 is 0 Å². The number of aromatic amines is 1. The lowest BCUT2D eigenvalue weighted by molar-refractivity contribution is 0.411. The molecule has 1 N–H and O–H groups in total. The minimum absolute atomic E-state index is 0.300. The first kappa shape index (κ1) is 12.2. The zero-order valence-corrected chi connectivity index (χ0v) is 10.7. The molecule has 0 radical (unpaired) electrons. The summed E-state index contributed by atoms with van der Waals surface area (Å²) < 4.78 is 5.29. The van der Waals surface area contributed by atoms with Crippen molar-refractivity contribution >= 4 is 0 Å². The van der Waals surface area contributed by atoms with E-state index in [-0.39, 0.29) is 0 Å². The molecular weight excluding hydrogens is 226 g/mol. The molecule has 92 valence electrons. The Morgan fingerprint density at radius 2 is 2.11 bits per heavy atom. The second-order valence-corrected chi connectivity index (χ2v) is 4.14. The van der Waals surface area contributed by atoms with Crippen LogP contribution in [0, 0.1) is 25.2 Å². The molecule has 0 saturated carbocycles. The van der Waals surface area contributed by atoms with Gasteiger partial charge in [0.15, 0.2) is 0 Å². The maximum atomic E-state index is 8.64. The van der Waals surface area contributed by atoms with Crippen LogP contribution < -0.4 is 4.74 Å². The molecule has 0 unspecified atom stereocenters. The second kappa shape index (κ2) is 4.92. The molecule has 0 saturated heterocycles. The third-order valence-corrected chi connectivity index (χ3v) is 3.12. The zero-order valence-electron chi connectivity index (χ0n) is 10.7. The molecule has 0 atom stereocenters. The Balaban J connectivity index is 2.45. The summed E-state index contributed by atoms with van der Waals surface area (Å²) in [5.41, 5.74) is 4.29. The lowest BCUT2D eigenvalue weighted by Gasteiger charge is -2.11. The molecule has 18 heavy (non-hydrogen) atoms. The molecular formula is C14H15N3O. The second-order valence-electron chi connectivity index (χ2n) is 4.14. The number of ether oxygens (including phenoxy) is 1. The minimum Gasteiger partial charge on any atom is -0.496 e. The van der Waals surface area contributed by atoms with Crippen molar-refractivity contribution in [2.24, 2.45) is 0 Å². The van der Waals surface area contributed by atoms with Gasteiger partial charge in [0.1, 0.15) is 11.6 Å². The number of aromatic nitrogens is 2. The van der Waals surface area contributed by atoms with Gasteiger partial charge in [0, 0.05) is 5.56 Å². The van der Waals surface area contributed by atoms with Crippen molar-refractivity contribution in [1.29, 1.82) is 5.26 Å². The zero-order chi connectivity index (χ0) is 13.1. The van der Waals surface area contributed by atoms with Gasteiger partial charge in [-0.3, -0.25) is 0 Å². The van der Waals surface area contributed by atoms with Crippen molar-refractivity contribution in [1.82, 2.24) is 9.97 Å². The van der Waals surface area contributed by atoms with Gasteiger partial charge in [-0.15, -0.1) is 0 Å². The molecule has 4 heteroatoms. The van der Waals surface area contributed by atoms with Crippen LogP contribution in [0.5, 0.6) is 5.75 Å². The number of H-pyrrole nitrogens is 1. The van der Waals surface area contributed by atoms with Crippen LogP contribution in [0.25, 0.3) is 11.3 Å². The molecule has 0 spiro atoms. The SMILES string of the molecule is COc1ccc(-c2cnc(CC#N)[nH]2)c(C)c1C. The van der Waals surface area contributed by atoms with E-state index in [2.05, 4.69) is 23.0 Å². The molecule has 2 aromatic rings. The number of nitrogens with zero attached hydrogens (tertiary/aromatic N) is 2. The Bertz CT molecular complexity index is 608. The Hall–Kier alpha value is -2.28. The van der Waals surface area contributed by atoms with Gasteiger partial charge < -0.3 is 9.72 Å². The van der Waals surface area contributed by atoms with Crippen molar-refractivity contribution < 1.29 is 4.74 Å². The van der Waals surface area contributed by atoms with Gasteiger partial charge in [0.25, 0.3) is 0 Å². The van der Waals surface area contributed by atoms with Crippen LogP contribution in [0.3, 0.4) is 0 Å². The fourth-order valence-corrected chi connectivity index (χ4v) is 1.97. The Labute approximate surface area is 106 Å². The summed E-state index contributed by atoms with van der Waals surface area (Å²) in [5.74, 6) is 1.58. The highest BCUT2D eigenvalue weighted by atomic mass is 16.5. The van der Waals surface area contributed by atoms with Gasteiger partial charge in [-0.25, -0.2) is 4.98 Å². The summed E-state index contributed by atoms with van der Waals surface area (Å²) in [6.45, 7) is 4.09. The third kappa shape index (κ3) is 2.07. The van der Waals surface area contributed by atoms with Gasteiger partial charge in [-0.2, -0.15) is 5.26 Å². The molecule has 0 amide bonds. The molecule has 1 aromatic heterocycles. The normalized spacial score (nSPS) is 10.1. The van der Waals surface area contributed by atoms with E-state index in [0.717, 1.165) is 28.1 Å². The predicted molar refractivity (Wildman–Crippen MR) is 69.4 cm³/mol. The van der Waals surface area contributed by atoms with E-state index in [1.165, 1.54) is 0 Å². The van der Waals surface area contributed by atoms with E-state index >= 15 is 0 Å². The number of methoxy groups -OCH3 is 1. The predicted octanol–water partition coefficient (Wildman–Crippen LogP) is 2.77. The van der Waals surface area contributed by atoms with Gasteiger partial charge in [-0.05, 0) is 37.1 Å². The maximum absolute atomic E-state index is 8.64. The van der Waals surface area contributed by atoms with Gasteiger partial charge >= 0.3 is 0 Å². The molecule has 1 heterocycles. The van der Waals surface area contributed by atoms with E-state index in [1.807, 2.05) is 19.1 Å². The smallest absolute Gasteiger partial charge is 0.122 e. The molecule has 0 bridgehead atoms. The van der Waals surface area contributed by atoms with Gasteiger partial charge in [0.2, 0.25) is 0 Å². The van der Waals surface area contributed by atoms with Gasteiger partial charge in [-0.1, -0.05) is 0 Å². The first-order valence-electron chi connectivity index (χ1n) is 5.72. The number of nitriles is 1. The van der Waals surface area contributed by atoms with Crippen molar-refractivity contribution in [3.05, 3.63) is 35.3 Å². The average Bonchev–Trinajstić information content (AvgIpc) is 2.81. The summed E-state index contributed by atoms with van der Waals surface area (Å²) in [7, 11) is 1.67. The molecule has 4 nitrogen and oxygen atoms in total. The average molecular weight is 241 g/mol. The summed E-state index contributed by atoms with van der Waals surface area (Å²) in [6.07, 6.45) is 2.06. The van der Waals surface area contributed by atoms with Crippen molar-refractivity contribution in [3.8, 4) is 23.1 Å². The number of nitrogens with one attached hydrogen (secondary N) is 1. The quantitative estimate of drug-likeness (QED) is 0.898. The van der Waals surface area contributed by atoms with Crippen LogP contribution in [0.15, 0.2) is 18.3 Å². The van der Waals surface area contributed by atoms with Crippen LogP contribution in [-0.2, 0) is 6.42 Å². The van der Waals surface area contributed by atoms with Crippen LogP contribution in [0.2, 0.25) is 0 Å². The summed E-state index contributed by atoms with van der Waals surface area (Å²) >= 11 is 0. The van der Waals surface area contributed by atoms with Gasteiger partial charge in [0.05, 0.1) is 31.5 Å². The first-order valence-corrected chi connectivity index (χ1v) is 5.72. The highest BCUT2D eigenvalue weighted by Gasteiger charge is 2.10. The number of hydrogen-bond donors (Lipinski definition) is 1. The number of benzene rings is 1. The molecule has 0 aliphatic heterocycles. The highest BCUT2D eigenvalue weighted by Crippen LogP contribution is 2.29. The van der Waals surface area contributed by atoms with E-state index in [1.54, 1.807) is 13.3 Å². The van der Waals surface area contributed by atoms with Crippen molar-refractivity contribution in [2.45, 2.75) is 20.3 Å². The third-order valence-electron chi connectivity index (χ3n) is 3.12. The molecule has 0 fully saturated rings. The lowest BCUT2D eigenvalue weighted by atomic mass is 10.0. The molecule has 2 rings (SSSR count). The van der Waals surface area contributed by atoms with E-state index in [4.69, 9.17) is 10.00 Å².